The summed E-state index contributed by atoms with van der Waals surface area (Å²) in [6, 6.07) is 0. The summed E-state index contributed by atoms with van der Waals surface area (Å²) in [5, 5.41) is 7.41. The Bertz CT molecular complexity index is 525. The Morgan fingerprint density at radius 3 is 2.92 bits per heavy atom. The van der Waals surface area contributed by atoms with Gasteiger partial charge in [-0.05, 0) is 33.6 Å². The summed E-state index contributed by atoms with van der Waals surface area (Å²) >= 11 is 0. The van der Waals surface area contributed by atoms with Gasteiger partial charge < -0.3 is 24.2 Å². The molecule has 1 atom stereocenters. The molecule has 1 N–H and O–H groups in total. The number of aliphatic imine (C=N–C) groups is 1. The standard InChI is InChI=1S/C18H32N4O3/c1-5-19-18(20-8-6-17-14(2)21-25-15(17)3)22-9-7-16(12-22)13-24-11-10-23-4/h16H,5-13H2,1-4H3,(H,19,20). The lowest BCUT2D eigenvalue weighted by molar-refractivity contribution is 0.0536. The molecule has 1 aromatic heterocycles. The molecule has 1 saturated heterocycles. The zero-order valence-corrected chi connectivity index (χ0v) is 16.0. The predicted octanol–water partition coefficient (Wildman–Crippen LogP) is 1.78. The molecular formula is C18H32N4O3. The summed E-state index contributed by atoms with van der Waals surface area (Å²) in [5.74, 6) is 2.45. The first kappa shape index (κ1) is 19.7. The van der Waals surface area contributed by atoms with Crippen LogP contribution in [-0.4, -0.2) is 69.1 Å². The van der Waals surface area contributed by atoms with Gasteiger partial charge in [0.05, 0.1) is 25.5 Å². The number of hydrogen-bond donors (Lipinski definition) is 1. The van der Waals surface area contributed by atoms with Crippen LogP contribution in [0.3, 0.4) is 0 Å². The highest BCUT2D eigenvalue weighted by Crippen LogP contribution is 2.17. The van der Waals surface area contributed by atoms with Crippen molar-refractivity contribution in [2.45, 2.75) is 33.6 Å². The first-order valence-electron chi connectivity index (χ1n) is 9.17. The second kappa shape index (κ2) is 10.4. The Morgan fingerprint density at radius 2 is 2.24 bits per heavy atom. The van der Waals surface area contributed by atoms with Crippen LogP contribution < -0.4 is 5.32 Å². The Hall–Kier alpha value is -1.60. The minimum absolute atomic E-state index is 0.559. The number of methoxy groups -OCH3 is 1. The van der Waals surface area contributed by atoms with E-state index in [-0.39, 0.29) is 0 Å². The van der Waals surface area contributed by atoms with Crippen LogP contribution in [0.1, 0.15) is 30.4 Å². The van der Waals surface area contributed by atoms with Crippen LogP contribution in [0.5, 0.6) is 0 Å². The van der Waals surface area contributed by atoms with E-state index >= 15 is 0 Å². The largest absolute Gasteiger partial charge is 0.382 e. The first-order valence-corrected chi connectivity index (χ1v) is 9.17. The zero-order chi connectivity index (χ0) is 18.1. The number of ether oxygens (including phenoxy) is 2. The molecule has 0 bridgehead atoms. The number of likely N-dealkylation sites (tertiary alicyclic amines) is 1. The van der Waals surface area contributed by atoms with Crippen molar-refractivity contribution >= 4 is 5.96 Å². The molecule has 7 nitrogen and oxygen atoms in total. The SMILES string of the molecule is CCNC(=NCCc1c(C)noc1C)N1CCC(COCCOC)C1. The third-order valence-corrected chi connectivity index (χ3v) is 4.51. The zero-order valence-electron chi connectivity index (χ0n) is 16.0. The predicted molar refractivity (Wildman–Crippen MR) is 98.0 cm³/mol. The minimum atomic E-state index is 0.559. The van der Waals surface area contributed by atoms with Gasteiger partial charge in [0.2, 0.25) is 0 Å². The second-order valence-corrected chi connectivity index (χ2v) is 6.46. The maximum Gasteiger partial charge on any atom is 0.193 e. The van der Waals surface area contributed by atoms with Crippen LogP contribution in [0.25, 0.3) is 0 Å². The highest BCUT2D eigenvalue weighted by Gasteiger charge is 2.25. The summed E-state index contributed by atoms with van der Waals surface area (Å²) in [6.07, 6.45) is 1.99. The molecule has 0 radical (unpaired) electrons. The van der Waals surface area contributed by atoms with Crippen molar-refractivity contribution in [3.05, 3.63) is 17.0 Å². The van der Waals surface area contributed by atoms with E-state index in [2.05, 4.69) is 22.3 Å². The fraction of sp³-hybridized carbons (Fsp3) is 0.778. The van der Waals surface area contributed by atoms with Crippen molar-refractivity contribution in [3.8, 4) is 0 Å². The monoisotopic (exact) mass is 352 g/mol. The average Bonchev–Trinajstić information content (AvgIpc) is 3.19. The van der Waals surface area contributed by atoms with Crippen LogP contribution in [0.15, 0.2) is 9.52 Å². The van der Waals surface area contributed by atoms with Crippen molar-refractivity contribution in [1.29, 1.82) is 0 Å². The molecule has 0 aromatic carbocycles. The maximum atomic E-state index is 5.67. The van der Waals surface area contributed by atoms with Gasteiger partial charge in [-0.3, -0.25) is 4.99 Å². The molecule has 2 heterocycles. The van der Waals surface area contributed by atoms with Gasteiger partial charge in [0, 0.05) is 44.8 Å². The summed E-state index contributed by atoms with van der Waals surface area (Å²) in [7, 11) is 1.70. The van der Waals surface area contributed by atoms with E-state index in [0.717, 1.165) is 63.0 Å². The quantitative estimate of drug-likeness (QED) is 0.415. The third-order valence-electron chi connectivity index (χ3n) is 4.51. The van der Waals surface area contributed by atoms with Gasteiger partial charge in [-0.1, -0.05) is 5.16 Å². The van der Waals surface area contributed by atoms with Crippen molar-refractivity contribution in [3.63, 3.8) is 0 Å². The fourth-order valence-corrected chi connectivity index (χ4v) is 3.11. The lowest BCUT2D eigenvalue weighted by Crippen LogP contribution is -2.40. The minimum Gasteiger partial charge on any atom is -0.382 e. The van der Waals surface area contributed by atoms with Crippen LogP contribution >= 0.6 is 0 Å². The normalized spacial score (nSPS) is 18.2. The molecule has 7 heteroatoms. The fourth-order valence-electron chi connectivity index (χ4n) is 3.11. The lowest BCUT2D eigenvalue weighted by atomic mass is 10.1. The number of nitrogens with zero attached hydrogens (tertiary/aromatic N) is 3. The maximum absolute atomic E-state index is 5.67. The van der Waals surface area contributed by atoms with Gasteiger partial charge in [-0.15, -0.1) is 0 Å². The van der Waals surface area contributed by atoms with Crippen LogP contribution in [0.4, 0.5) is 0 Å². The Kier molecular flexibility index (Phi) is 8.21. The summed E-state index contributed by atoms with van der Waals surface area (Å²) in [5.41, 5.74) is 2.14. The number of aromatic nitrogens is 1. The van der Waals surface area contributed by atoms with Gasteiger partial charge in [-0.25, -0.2) is 0 Å². The number of hydrogen-bond acceptors (Lipinski definition) is 5. The van der Waals surface area contributed by atoms with Crippen molar-refractivity contribution < 1.29 is 14.0 Å². The smallest absolute Gasteiger partial charge is 0.193 e. The Morgan fingerprint density at radius 1 is 1.40 bits per heavy atom. The molecule has 142 valence electrons. The van der Waals surface area contributed by atoms with E-state index < -0.39 is 0 Å². The van der Waals surface area contributed by atoms with E-state index in [1.54, 1.807) is 7.11 Å². The van der Waals surface area contributed by atoms with E-state index in [0.29, 0.717) is 19.1 Å². The number of rotatable bonds is 9. The van der Waals surface area contributed by atoms with E-state index in [1.165, 1.54) is 5.56 Å². The highest BCUT2D eigenvalue weighted by atomic mass is 16.5. The molecule has 1 aliphatic heterocycles. The summed E-state index contributed by atoms with van der Waals surface area (Å²) in [6.45, 7) is 11.8. The van der Waals surface area contributed by atoms with Gasteiger partial charge in [-0.2, -0.15) is 0 Å². The number of guanidine groups is 1. The molecule has 0 saturated carbocycles. The highest BCUT2D eigenvalue weighted by molar-refractivity contribution is 5.80. The summed E-state index contributed by atoms with van der Waals surface area (Å²) in [4.78, 5) is 7.13. The molecule has 1 unspecified atom stereocenters. The topological polar surface area (TPSA) is 72.1 Å². The average molecular weight is 352 g/mol. The second-order valence-electron chi connectivity index (χ2n) is 6.46. The first-order chi connectivity index (χ1) is 12.2. The number of nitrogens with one attached hydrogen (secondary N) is 1. The van der Waals surface area contributed by atoms with Crippen LogP contribution in [0, 0.1) is 19.8 Å². The van der Waals surface area contributed by atoms with Gasteiger partial charge in [0.1, 0.15) is 5.76 Å². The summed E-state index contributed by atoms with van der Waals surface area (Å²) < 4.78 is 15.9. The van der Waals surface area contributed by atoms with Crippen LogP contribution in [-0.2, 0) is 15.9 Å². The van der Waals surface area contributed by atoms with Crippen LogP contribution in [0.2, 0.25) is 0 Å². The van der Waals surface area contributed by atoms with Gasteiger partial charge in [0.15, 0.2) is 5.96 Å². The molecule has 1 fully saturated rings. The Balaban J connectivity index is 1.83. The molecular weight excluding hydrogens is 320 g/mol. The van der Waals surface area contributed by atoms with Crippen molar-refractivity contribution in [2.75, 3.05) is 53.1 Å². The van der Waals surface area contributed by atoms with Gasteiger partial charge >= 0.3 is 0 Å². The van der Waals surface area contributed by atoms with Crippen molar-refractivity contribution in [2.24, 2.45) is 10.9 Å². The Labute approximate surface area is 150 Å². The van der Waals surface area contributed by atoms with Crippen molar-refractivity contribution in [1.82, 2.24) is 15.4 Å². The number of aryl methyl sites for hydroxylation is 2. The van der Waals surface area contributed by atoms with Gasteiger partial charge in [0.25, 0.3) is 0 Å². The van der Waals surface area contributed by atoms with E-state index in [9.17, 15) is 0 Å². The van der Waals surface area contributed by atoms with E-state index in [4.69, 9.17) is 19.0 Å². The molecule has 0 spiro atoms. The molecule has 1 aromatic rings. The molecule has 0 amide bonds. The molecule has 2 rings (SSSR count). The molecule has 0 aliphatic carbocycles. The molecule has 1 aliphatic rings. The molecule has 25 heavy (non-hydrogen) atoms. The van der Waals surface area contributed by atoms with E-state index in [1.807, 2.05) is 13.8 Å². The third kappa shape index (κ3) is 6.01. The lowest BCUT2D eigenvalue weighted by Gasteiger charge is -2.21.